The summed E-state index contributed by atoms with van der Waals surface area (Å²) in [6, 6.07) is 0. The number of aliphatic carboxylic acids is 1. The van der Waals surface area contributed by atoms with E-state index in [0.29, 0.717) is 5.41 Å². The average Bonchev–Trinajstić information content (AvgIpc) is 2.00. The van der Waals surface area contributed by atoms with Gasteiger partial charge in [0.25, 0.3) is 0 Å². The van der Waals surface area contributed by atoms with Crippen molar-refractivity contribution in [2.45, 2.75) is 53.4 Å². The van der Waals surface area contributed by atoms with Crippen LogP contribution in [0.5, 0.6) is 0 Å². The topological polar surface area (TPSA) is 37.3 Å². The molecule has 0 spiro atoms. The van der Waals surface area contributed by atoms with Crippen molar-refractivity contribution in [1.82, 2.24) is 0 Å². The van der Waals surface area contributed by atoms with Gasteiger partial charge in [-0.2, -0.15) is 0 Å². The lowest BCUT2D eigenvalue weighted by Gasteiger charge is -2.45. The Hall–Kier alpha value is -0.530. The summed E-state index contributed by atoms with van der Waals surface area (Å²) in [5, 5.41) is 9.07. The fourth-order valence-electron chi connectivity index (χ4n) is 2.91. The Balaban J connectivity index is 2.78. The van der Waals surface area contributed by atoms with Crippen LogP contribution in [0.1, 0.15) is 53.4 Å². The zero-order chi connectivity index (χ0) is 11.0. The first kappa shape index (κ1) is 11.5. The summed E-state index contributed by atoms with van der Waals surface area (Å²) in [5.74, 6) is -0.868. The molecule has 0 radical (unpaired) electrons. The highest BCUT2D eigenvalue weighted by Gasteiger charge is 2.42. The van der Waals surface area contributed by atoms with Crippen molar-refractivity contribution in [3.8, 4) is 0 Å². The van der Waals surface area contributed by atoms with Crippen LogP contribution in [0.4, 0.5) is 0 Å². The maximum absolute atomic E-state index is 11.0. The van der Waals surface area contributed by atoms with E-state index in [1.165, 1.54) is 12.8 Å². The average molecular weight is 198 g/mol. The van der Waals surface area contributed by atoms with Gasteiger partial charge in [0, 0.05) is 0 Å². The molecule has 82 valence electrons. The fraction of sp³-hybridized carbons (Fsp3) is 0.917. The molecule has 2 heteroatoms. The lowest BCUT2D eigenvalue weighted by atomic mass is 9.60. The van der Waals surface area contributed by atoms with E-state index in [4.69, 9.17) is 5.11 Å². The summed E-state index contributed by atoms with van der Waals surface area (Å²) in [6.07, 6.45) is 4.49. The largest absolute Gasteiger partial charge is 0.481 e. The number of carbonyl (C=O) groups is 1. The highest BCUT2D eigenvalue weighted by molar-refractivity contribution is 5.70. The van der Waals surface area contributed by atoms with Gasteiger partial charge in [-0.3, -0.25) is 4.79 Å². The van der Waals surface area contributed by atoms with Gasteiger partial charge in [0.2, 0.25) is 0 Å². The highest BCUT2D eigenvalue weighted by Crippen LogP contribution is 2.49. The first-order valence-electron chi connectivity index (χ1n) is 5.50. The molecule has 1 aliphatic rings. The molecule has 0 aromatic heterocycles. The van der Waals surface area contributed by atoms with Gasteiger partial charge in [0.05, 0.1) is 5.92 Å². The van der Waals surface area contributed by atoms with Crippen molar-refractivity contribution in [2.24, 2.45) is 16.7 Å². The van der Waals surface area contributed by atoms with Crippen LogP contribution in [0.15, 0.2) is 0 Å². The molecule has 1 N–H and O–H groups in total. The first-order valence-corrected chi connectivity index (χ1v) is 5.50. The standard InChI is InChI=1S/C12H22O2/c1-9(10(13)14)12(4)7-5-6-11(2,3)8-12/h9H,5-8H2,1-4H3,(H,13,14). The second kappa shape index (κ2) is 3.56. The Morgan fingerprint density at radius 3 is 2.29 bits per heavy atom. The van der Waals surface area contributed by atoms with Gasteiger partial charge >= 0.3 is 5.97 Å². The number of carboxylic acids is 1. The van der Waals surface area contributed by atoms with Gasteiger partial charge in [-0.15, -0.1) is 0 Å². The molecule has 1 saturated carbocycles. The van der Waals surface area contributed by atoms with E-state index in [0.717, 1.165) is 12.8 Å². The second-order valence-corrected chi connectivity index (χ2v) is 5.91. The zero-order valence-corrected chi connectivity index (χ0v) is 9.76. The van der Waals surface area contributed by atoms with Crippen LogP contribution in [0.3, 0.4) is 0 Å². The number of hydrogen-bond acceptors (Lipinski definition) is 1. The third-order valence-corrected chi connectivity index (χ3v) is 3.90. The summed E-state index contributed by atoms with van der Waals surface area (Å²) in [7, 11) is 0. The van der Waals surface area contributed by atoms with Gasteiger partial charge in [0.15, 0.2) is 0 Å². The van der Waals surface area contributed by atoms with Gasteiger partial charge < -0.3 is 5.11 Å². The molecule has 0 saturated heterocycles. The lowest BCUT2D eigenvalue weighted by molar-refractivity contribution is -0.147. The summed E-state index contributed by atoms with van der Waals surface area (Å²) >= 11 is 0. The number of hydrogen-bond donors (Lipinski definition) is 1. The van der Waals surface area contributed by atoms with Crippen molar-refractivity contribution in [3.05, 3.63) is 0 Å². The molecule has 0 amide bonds. The number of carboxylic acid groups (broad SMARTS) is 1. The maximum atomic E-state index is 11.0. The Kier molecular flexibility index (Phi) is 2.93. The highest BCUT2D eigenvalue weighted by atomic mass is 16.4. The Morgan fingerprint density at radius 1 is 1.29 bits per heavy atom. The summed E-state index contributed by atoms with van der Waals surface area (Å²) in [6.45, 7) is 8.48. The lowest BCUT2D eigenvalue weighted by Crippen LogP contribution is -2.38. The molecular weight excluding hydrogens is 176 g/mol. The van der Waals surface area contributed by atoms with E-state index < -0.39 is 5.97 Å². The third kappa shape index (κ3) is 2.28. The third-order valence-electron chi connectivity index (χ3n) is 3.90. The normalized spacial score (nSPS) is 33.7. The van der Waals surface area contributed by atoms with Crippen LogP contribution in [0, 0.1) is 16.7 Å². The molecule has 2 atom stereocenters. The molecule has 0 bridgehead atoms. The zero-order valence-electron chi connectivity index (χ0n) is 9.76. The molecule has 2 nitrogen and oxygen atoms in total. The molecule has 0 heterocycles. The van der Waals surface area contributed by atoms with Crippen molar-refractivity contribution < 1.29 is 9.90 Å². The SMILES string of the molecule is CC(C(=O)O)C1(C)CCCC(C)(C)C1. The first-order chi connectivity index (χ1) is 6.27. The van der Waals surface area contributed by atoms with Gasteiger partial charge in [-0.1, -0.05) is 34.1 Å². The van der Waals surface area contributed by atoms with Crippen LogP contribution < -0.4 is 0 Å². The monoisotopic (exact) mass is 198 g/mol. The van der Waals surface area contributed by atoms with Crippen molar-refractivity contribution in [2.75, 3.05) is 0 Å². The van der Waals surface area contributed by atoms with E-state index in [1.54, 1.807) is 0 Å². The Labute approximate surface area is 86.7 Å². The molecule has 1 aliphatic carbocycles. The molecule has 0 aromatic carbocycles. The van der Waals surface area contributed by atoms with Gasteiger partial charge in [-0.25, -0.2) is 0 Å². The van der Waals surface area contributed by atoms with Crippen molar-refractivity contribution >= 4 is 5.97 Å². The summed E-state index contributed by atoms with van der Waals surface area (Å²) < 4.78 is 0. The number of rotatable bonds is 2. The van der Waals surface area contributed by atoms with Crippen LogP contribution in [-0.4, -0.2) is 11.1 Å². The quantitative estimate of drug-likeness (QED) is 0.739. The summed E-state index contributed by atoms with van der Waals surface area (Å²) in [5.41, 5.74) is 0.310. The van der Waals surface area contributed by atoms with E-state index >= 15 is 0 Å². The van der Waals surface area contributed by atoms with Crippen LogP contribution in [0.25, 0.3) is 0 Å². The van der Waals surface area contributed by atoms with E-state index in [1.807, 2.05) is 6.92 Å². The molecular formula is C12H22O2. The van der Waals surface area contributed by atoms with E-state index in [9.17, 15) is 4.79 Å². The fourth-order valence-corrected chi connectivity index (χ4v) is 2.91. The van der Waals surface area contributed by atoms with E-state index in [2.05, 4.69) is 20.8 Å². The minimum atomic E-state index is -0.648. The molecule has 1 rings (SSSR count). The predicted molar refractivity (Wildman–Crippen MR) is 57.2 cm³/mol. The van der Waals surface area contributed by atoms with Crippen LogP contribution in [0.2, 0.25) is 0 Å². The molecule has 2 unspecified atom stereocenters. The van der Waals surface area contributed by atoms with Gasteiger partial charge in [-0.05, 0) is 30.1 Å². The maximum Gasteiger partial charge on any atom is 0.306 e. The minimum Gasteiger partial charge on any atom is -0.481 e. The second-order valence-electron chi connectivity index (χ2n) is 5.91. The molecule has 14 heavy (non-hydrogen) atoms. The molecule has 1 fully saturated rings. The molecule has 0 aliphatic heterocycles. The van der Waals surface area contributed by atoms with Crippen molar-refractivity contribution in [3.63, 3.8) is 0 Å². The van der Waals surface area contributed by atoms with Crippen molar-refractivity contribution in [1.29, 1.82) is 0 Å². The Morgan fingerprint density at radius 2 is 1.86 bits per heavy atom. The Bertz CT molecular complexity index is 232. The van der Waals surface area contributed by atoms with E-state index in [-0.39, 0.29) is 11.3 Å². The van der Waals surface area contributed by atoms with Crippen LogP contribution >= 0.6 is 0 Å². The van der Waals surface area contributed by atoms with Gasteiger partial charge in [0.1, 0.15) is 0 Å². The predicted octanol–water partition coefficient (Wildman–Crippen LogP) is 3.31. The summed E-state index contributed by atoms with van der Waals surface area (Å²) in [4.78, 5) is 11.0. The van der Waals surface area contributed by atoms with Crippen LogP contribution in [-0.2, 0) is 4.79 Å². The molecule has 0 aromatic rings. The smallest absolute Gasteiger partial charge is 0.306 e. The minimum absolute atomic E-state index is 0.00637.